The van der Waals surface area contributed by atoms with Gasteiger partial charge in [0.05, 0.1) is 5.60 Å². The van der Waals surface area contributed by atoms with Gasteiger partial charge in [0.25, 0.3) is 0 Å². The number of methoxy groups -OCH3 is 2. The highest BCUT2D eigenvalue weighted by Crippen LogP contribution is 2.28. The Kier molecular flexibility index (Phi) is 5.55. The second-order valence-corrected chi connectivity index (χ2v) is 3.72. The Balaban J connectivity index is 4.06. The highest BCUT2D eigenvalue weighted by atomic mass is 19.4. The monoisotopic (exact) mass is 230 g/mol. The Morgan fingerprint density at radius 1 is 1.13 bits per heavy atom. The molecule has 1 N–H and O–H groups in total. The standard InChI is InChI=1S/C9H17F3O3/c1-8(13,4-5-9(10,11)12)6-7(14-2)15-3/h7,13H,4-6H2,1-3H3. The molecule has 0 radical (unpaired) electrons. The van der Waals surface area contributed by atoms with Gasteiger partial charge in [-0.1, -0.05) is 0 Å². The molecule has 0 saturated carbocycles. The van der Waals surface area contributed by atoms with E-state index in [1.807, 2.05) is 0 Å². The van der Waals surface area contributed by atoms with Crippen molar-refractivity contribution >= 4 is 0 Å². The lowest BCUT2D eigenvalue weighted by molar-refractivity contribution is -0.164. The topological polar surface area (TPSA) is 38.7 Å². The van der Waals surface area contributed by atoms with Crippen molar-refractivity contribution in [3.05, 3.63) is 0 Å². The van der Waals surface area contributed by atoms with Crippen molar-refractivity contribution in [2.24, 2.45) is 0 Å². The van der Waals surface area contributed by atoms with Gasteiger partial charge in [0, 0.05) is 27.1 Å². The third-order valence-corrected chi connectivity index (χ3v) is 2.08. The lowest BCUT2D eigenvalue weighted by Crippen LogP contribution is -2.33. The van der Waals surface area contributed by atoms with Crippen LogP contribution in [0.3, 0.4) is 0 Å². The minimum absolute atomic E-state index is 0.0100. The normalized spacial score (nSPS) is 16.8. The lowest BCUT2D eigenvalue weighted by atomic mass is 9.96. The third-order valence-electron chi connectivity index (χ3n) is 2.08. The Morgan fingerprint density at radius 3 is 1.93 bits per heavy atom. The summed E-state index contributed by atoms with van der Waals surface area (Å²) < 4.78 is 45.3. The smallest absolute Gasteiger partial charge is 0.389 e. The zero-order chi connectivity index (χ0) is 12.1. The molecule has 0 aliphatic rings. The molecule has 3 nitrogen and oxygen atoms in total. The Bertz CT molecular complexity index is 176. The fourth-order valence-electron chi connectivity index (χ4n) is 1.14. The summed E-state index contributed by atoms with van der Waals surface area (Å²) in [5, 5.41) is 9.65. The summed E-state index contributed by atoms with van der Waals surface area (Å²) in [6, 6.07) is 0. The molecule has 0 bridgehead atoms. The Hall–Kier alpha value is -0.330. The third kappa shape index (κ3) is 7.58. The Morgan fingerprint density at radius 2 is 1.60 bits per heavy atom. The summed E-state index contributed by atoms with van der Waals surface area (Å²) in [5.41, 5.74) is -1.44. The maximum atomic E-state index is 11.9. The van der Waals surface area contributed by atoms with Crippen molar-refractivity contribution in [2.75, 3.05) is 14.2 Å². The first kappa shape index (κ1) is 14.7. The van der Waals surface area contributed by atoms with Crippen LogP contribution in [0, 0.1) is 0 Å². The van der Waals surface area contributed by atoms with Crippen LogP contribution in [0.25, 0.3) is 0 Å². The molecular weight excluding hydrogens is 213 g/mol. The summed E-state index contributed by atoms with van der Waals surface area (Å²) in [5.74, 6) is 0. The van der Waals surface area contributed by atoms with E-state index in [-0.39, 0.29) is 12.8 Å². The maximum Gasteiger partial charge on any atom is 0.389 e. The van der Waals surface area contributed by atoms with Crippen molar-refractivity contribution < 1.29 is 27.8 Å². The van der Waals surface area contributed by atoms with Crippen LogP contribution in [0.2, 0.25) is 0 Å². The second-order valence-electron chi connectivity index (χ2n) is 3.72. The van der Waals surface area contributed by atoms with Gasteiger partial charge in [0.15, 0.2) is 6.29 Å². The van der Waals surface area contributed by atoms with Crippen molar-refractivity contribution in [3.63, 3.8) is 0 Å². The van der Waals surface area contributed by atoms with Crippen LogP contribution in [0.5, 0.6) is 0 Å². The average Bonchev–Trinajstić information content (AvgIpc) is 2.10. The number of alkyl halides is 3. The molecule has 6 heteroatoms. The van der Waals surface area contributed by atoms with Gasteiger partial charge in [0.2, 0.25) is 0 Å². The quantitative estimate of drug-likeness (QED) is 0.710. The van der Waals surface area contributed by atoms with E-state index in [9.17, 15) is 18.3 Å². The minimum atomic E-state index is -4.25. The van der Waals surface area contributed by atoms with Crippen LogP contribution in [-0.4, -0.2) is 37.4 Å². The van der Waals surface area contributed by atoms with Gasteiger partial charge in [-0.25, -0.2) is 0 Å². The van der Waals surface area contributed by atoms with Crippen LogP contribution < -0.4 is 0 Å². The van der Waals surface area contributed by atoms with Crippen molar-refractivity contribution in [1.82, 2.24) is 0 Å². The fourth-order valence-corrected chi connectivity index (χ4v) is 1.14. The first-order valence-corrected chi connectivity index (χ1v) is 4.55. The molecule has 0 aromatic carbocycles. The van der Waals surface area contributed by atoms with Crippen LogP contribution in [-0.2, 0) is 9.47 Å². The molecule has 1 atom stereocenters. The van der Waals surface area contributed by atoms with E-state index in [1.165, 1.54) is 21.1 Å². The molecule has 0 fully saturated rings. The molecule has 0 aromatic heterocycles. The van der Waals surface area contributed by atoms with Gasteiger partial charge in [-0.2, -0.15) is 13.2 Å². The van der Waals surface area contributed by atoms with Crippen molar-refractivity contribution in [3.8, 4) is 0 Å². The van der Waals surface area contributed by atoms with E-state index in [0.717, 1.165) is 0 Å². The van der Waals surface area contributed by atoms with Gasteiger partial charge in [-0.15, -0.1) is 0 Å². The van der Waals surface area contributed by atoms with E-state index in [2.05, 4.69) is 0 Å². The largest absolute Gasteiger partial charge is 0.390 e. The van der Waals surface area contributed by atoms with Gasteiger partial charge < -0.3 is 14.6 Å². The van der Waals surface area contributed by atoms with E-state index in [0.29, 0.717) is 0 Å². The molecular formula is C9H17F3O3. The van der Waals surface area contributed by atoms with Gasteiger partial charge in [-0.05, 0) is 13.3 Å². The van der Waals surface area contributed by atoms with Crippen LogP contribution >= 0.6 is 0 Å². The van der Waals surface area contributed by atoms with E-state index < -0.39 is 24.5 Å². The van der Waals surface area contributed by atoms with Crippen LogP contribution in [0.1, 0.15) is 26.2 Å². The van der Waals surface area contributed by atoms with Crippen LogP contribution in [0.4, 0.5) is 13.2 Å². The number of aliphatic hydroxyl groups is 1. The highest BCUT2D eigenvalue weighted by Gasteiger charge is 2.33. The molecule has 0 amide bonds. The minimum Gasteiger partial charge on any atom is -0.390 e. The molecule has 92 valence electrons. The molecule has 0 aliphatic heterocycles. The molecule has 0 aromatic rings. The molecule has 0 rings (SSSR count). The number of rotatable bonds is 6. The summed E-state index contributed by atoms with van der Waals surface area (Å²) >= 11 is 0. The average molecular weight is 230 g/mol. The van der Waals surface area contributed by atoms with Crippen LogP contribution in [0.15, 0.2) is 0 Å². The van der Waals surface area contributed by atoms with Gasteiger partial charge in [0.1, 0.15) is 0 Å². The molecule has 0 aliphatic carbocycles. The van der Waals surface area contributed by atoms with E-state index in [1.54, 1.807) is 0 Å². The predicted molar refractivity (Wildman–Crippen MR) is 48.3 cm³/mol. The zero-order valence-electron chi connectivity index (χ0n) is 9.10. The first-order valence-electron chi connectivity index (χ1n) is 4.55. The molecule has 15 heavy (non-hydrogen) atoms. The van der Waals surface area contributed by atoms with Gasteiger partial charge in [-0.3, -0.25) is 0 Å². The van der Waals surface area contributed by atoms with Gasteiger partial charge >= 0.3 is 6.18 Å². The zero-order valence-corrected chi connectivity index (χ0v) is 9.10. The molecule has 0 spiro atoms. The fraction of sp³-hybridized carbons (Fsp3) is 1.00. The van der Waals surface area contributed by atoms with Crippen molar-refractivity contribution in [1.29, 1.82) is 0 Å². The maximum absolute atomic E-state index is 11.9. The van der Waals surface area contributed by atoms with E-state index in [4.69, 9.17) is 9.47 Å². The first-order chi connectivity index (χ1) is 6.70. The summed E-state index contributed by atoms with van der Waals surface area (Å²) in [6.45, 7) is 1.34. The predicted octanol–water partition coefficient (Wildman–Crippen LogP) is 2.09. The van der Waals surface area contributed by atoms with Crippen molar-refractivity contribution in [2.45, 2.75) is 44.3 Å². The Labute approximate surface area is 87.2 Å². The molecule has 1 unspecified atom stereocenters. The summed E-state index contributed by atoms with van der Waals surface area (Å²) in [7, 11) is 2.74. The SMILES string of the molecule is COC(CC(C)(O)CCC(F)(F)F)OC. The van der Waals surface area contributed by atoms with E-state index >= 15 is 0 Å². The lowest BCUT2D eigenvalue weighted by Gasteiger charge is -2.27. The highest BCUT2D eigenvalue weighted by molar-refractivity contribution is 4.75. The number of hydrogen-bond acceptors (Lipinski definition) is 3. The number of ether oxygens (including phenoxy) is 2. The molecule has 0 heterocycles. The molecule has 0 saturated heterocycles. The summed E-state index contributed by atoms with van der Waals surface area (Å²) in [6.07, 6.45) is -6.30. The number of hydrogen-bond donors (Lipinski definition) is 1. The number of halogens is 3. The second kappa shape index (κ2) is 5.67. The summed E-state index contributed by atoms with van der Waals surface area (Å²) in [4.78, 5) is 0.